The van der Waals surface area contributed by atoms with Crippen molar-refractivity contribution in [3.05, 3.63) is 33.8 Å². The van der Waals surface area contributed by atoms with E-state index in [1.165, 1.54) is 13.3 Å². The fourth-order valence-electron chi connectivity index (χ4n) is 2.01. The lowest BCUT2D eigenvalue weighted by Gasteiger charge is -2.05. The zero-order valence-electron chi connectivity index (χ0n) is 11.2. The average Bonchev–Trinajstić information content (AvgIpc) is 2.62. The van der Waals surface area contributed by atoms with Crippen molar-refractivity contribution in [3.63, 3.8) is 0 Å². The molecule has 7 heteroatoms. The summed E-state index contributed by atoms with van der Waals surface area (Å²) in [6.07, 6.45) is 1.21. The van der Waals surface area contributed by atoms with Crippen LogP contribution in [0.2, 0.25) is 0 Å². The van der Waals surface area contributed by atoms with Crippen molar-refractivity contribution in [2.45, 2.75) is 13.8 Å². The Morgan fingerprint density at radius 2 is 2.11 bits per heavy atom. The fourth-order valence-corrected chi connectivity index (χ4v) is 2.01. The maximum Gasteiger partial charge on any atom is 0.329 e. The Bertz CT molecular complexity index is 649. The highest BCUT2D eigenvalue weighted by molar-refractivity contribution is 5.68. The summed E-state index contributed by atoms with van der Waals surface area (Å²) in [5.41, 5.74) is 3.11. The molecular weight excluding hydrogens is 248 g/mol. The van der Waals surface area contributed by atoms with Gasteiger partial charge in [0.25, 0.3) is 0 Å². The van der Waals surface area contributed by atoms with Crippen LogP contribution < -0.4 is 4.74 Å². The number of rotatable bonds is 3. The van der Waals surface area contributed by atoms with E-state index < -0.39 is 4.92 Å². The van der Waals surface area contributed by atoms with Crippen LogP contribution in [-0.2, 0) is 7.05 Å². The van der Waals surface area contributed by atoms with Crippen LogP contribution in [0.15, 0.2) is 12.3 Å². The zero-order valence-corrected chi connectivity index (χ0v) is 11.2. The summed E-state index contributed by atoms with van der Waals surface area (Å²) in [7, 11) is 3.24. The molecule has 0 saturated carbocycles. The fraction of sp³-hybridized carbons (Fsp3) is 0.333. The SMILES string of the molecule is COc1cc(-c2c(C)nn(C)c2C)ncc1[N+](=O)[O-]. The molecule has 0 saturated heterocycles. The highest BCUT2D eigenvalue weighted by Crippen LogP contribution is 2.32. The first kappa shape index (κ1) is 13.0. The third-order valence-corrected chi connectivity index (χ3v) is 3.03. The molecule has 0 aromatic carbocycles. The topological polar surface area (TPSA) is 83.1 Å². The van der Waals surface area contributed by atoms with Crippen molar-refractivity contribution in [1.29, 1.82) is 0 Å². The van der Waals surface area contributed by atoms with E-state index in [4.69, 9.17) is 4.74 Å². The van der Waals surface area contributed by atoms with Crippen molar-refractivity contribution >= 4 is 5.69 Å². The molecule has 0 aliphatic heterocycles. The molecule has 0 atom stereocenters. The van der Waals surface area contributed by atoms with Gasteiger partial charge in [0, 0.05) is 24.4 Å². The first-order valence-electron chi connectivity index (χ1n) is 5.64. The van der Waals surface area contributed by atoms with Crippen molar-refractivity contribution in [3.8, 4) is 17.0 Å². The van der Waals surface area contributed by atoms with Gasteiger partial charge in [-0.2, -0.15) is 5.10 Å². The van der Waals surface area contributed by atoms with Crippen LogP contribution in [0.5, 0.6) is 5.75 Å². The zero-order chi connectivity index (χ0) is 14.2. The Morgan fingerprint density at radius 3 is 2.58 bits per heavy atom. The summed E-state index contributed by atoms with van der Waals surface area (Å²) in [6.45, 7) is 3.79. The van der Waals surface area contributed by atoms with E-state index in [1.54, 1.807) is 10.7 Å². The summed E-state index contributed by atoms with van der Waals surface area (Å²) in [5.74, 6) is 0.192. The quantitative estimate of drug-likeness (QED) is 0.624. The van der Waals surface area contributed by atoms with Crippen molar-refractivity contribution in [2.75, 3.05) is 7.11 Å². The lowest BCUT2D eigenvalue weighted by Crippen LogP contribution is -1.97. The van der Waals surface area contributed by atoms with Gasteiger partial charge in [0.15, 0.2) is 0 Å². The second-order valence-electron chi connectivity index (χ2n) is 4.17. The van der Waals surface area contributed by atoms with Crippen molar-refractivity contribution in [2.24, 2.45) is 7.05 Å². The number of aromatic nitrogens is 3. The molecule has 2 heterocycles. The molecule has 2 aromatic heterocycles. The summed E-state index contributed by atoms with van der Waals surface area (Å²) >= 11 is 0. The van der Waals surface area contributed by atoms with Crippen LogP contribution in [-0.4, -0.2) is 26.8 Å². The minimum absolute atomic E-state index is 0.148. The number of aryl methyl sites for hydroxylation is 2. The summed E-state index contributed by atoms with van der Waals surface area (Å²) in [6, 6.07) is 1.56. The Hall–Kier alpha value is -2.44. The van der Waals surface area contributed by atoms with Crippen LogP contribution >= 0.6 is 0 Å². The Morgan fingerprint density at radius 1 is 1.42 bits per heavy atom. The van der Waals surface area contributed by atoms with Gasteiger partial charge >= 0.3 is 5.69 Å². The lowest BCUT2D eigenvalue weighted by molar-refractivity contribution is -0.386. The largest absolute Gasteiger partial charge is 0.490 e. The van der Waals surface area contributed by atoms with Gasteiger partial charge in [-0.05, 0) is 13.8 Å². The monoisotopic (exact) mass is 262 g/mol. The Labute approximate surface area is 110 Å². The van der Waals surface area contributed by atoms with Crippen LogP contribution in [0.25, 0.3) is 11.3 Å². The molecule has 0 aliphatic rings. The molecule has 0 spiro atoms. The van der Waals surface area contributed by atoms with E-state index in [0.29, 0.717) is 5.69 Å². The van der Waals surface area contributed by atoms with E-state index in [2.05, 4.69) is 10.1 Å². The molecule has 100 valence electrons. The minimum Gasteiger partial charge on any atom is -0.490 e. The van der Waals surface area contributed by atoms with Crippen LogP contribution in [0.3, 0.4) is 0 Å². The second-order valence-corrected chi connectivity index (χ2v) is 4.17. The minimum atomic E-state index is -0.515. The lowest BCUT2D eigenvalue weighted by atomic mass is 10.1. The third kappa shape index (κ3) is 2.14. The van der Waals surface area contributed by atoms with E-state index in [0.717, 1.165) is 17.0 Å². The number of nitrogens with zero attached hydrogens (tertiary/aromatic N) is 4. The van der Waals surface area contributed by atoms with Gasteiger partial charge in [0.1, 0.15) is 6.20 Å². The Kier molecular flexibility index (Phi) is 3.20. The van der Waals surface area contributed by atoms with E-state index in [-0.39, 0.29) is 11.4 Å². The summed E-state index contributed by atoms with van der Waals surface area (Å²) in [4.78, 5) is 14.5. The number of nitro groups is 1. The molecule has 0 bridgehead atoms. The van der Waals surface area contributed by atoms with E-state index >= 15 is 0 Å². The molecule has 7 nitrogen and oxygen atoms in total. The third-order valence-electron chi connectivity index (χ3n) is 3.03. The molecule has 0 unspecified atom stereocenters. The van der Waals surface area contributed by atoms with Gasteiger partial charge in [0.2, 0.25) is 5.75 Å². The van der Waals surface area contributed by atoms with E-state index in [9.17, 15) is 10.1 Å². The number of hydrogen-bond donors (Lipinski definition) is 0. The second kappa shape index (κ2) is 4.68. The molecule has 19 heavy (non-hydrogen) atoms. The highest BCUT2D eigenvalue weighted by atomic mass is 16.6. The molecule has 2 rings (SSSR count). The standard InChI is InChI=1S/C12H14N4O3/c1-7-12(8(2)15(3)14-7)9-5-11(19-4)10(6-13-9)16(17)18/h5-6H,1-4H3. The smallest absolute Gasteiger partial charge is 0.329 e. The number of methoxy groups -OCH3 is 1. The maximum absolute atomic E-state index is 10.8. The van der Waals surface area contributed by atoms with Crippen molar-refractivity contribution in [1.82, 2.24) is 14.8 Å². The number of ether oxygens (including phenoxy) is 1. The Balaban J connectivity index is 2.61. The first-order valence-corrected chi connectivity index (χ1v) is 5.64. The molecule has 0 aliphatic carbocycles. The van der Waals surface area contributed by atoms with Gasteiger partial charge < -0.3 is 4.74 Å². The molecular formula is C12H14N4O3. The number of pyridine rings is 1. The van der Waals surface area contributed by atoms with Crippen molar-refractivity contribution < 1.29 is 9.66 Å². The molecule has 0 fully saturated rings. The molecule has 0 N–H and O–H groups in total. The molecule has 0 amide bonds. The van der Waals surface area contributed by atoms with Crippen LogP contribution in [0.1, 0.15) is 11.4 Å². The first-order chi connectivity index (χ1) is 8.95. The average molecular weight is 262 g/mol. The van der Waals surface area contributed by atoms with Gasteiger partial charge in [-0.1, -0.05) is 0 Å². The summed E-state index contributed by atoms with van der Waals surface area (Å²) < 4.78 is 6.80. The van der Waals surface area contributed by atoms with Gasteiger partial charge in [-0.15, -0.1) is 0 Å². The number of hydrogen-bond acceptors (Lipinski definition) is 5. The van der Waals surface area contributed by atoms with Gasteiger partial charge in [-0.25, -0.2) is 4.98 Å². The van der Waals surface area contributed by atoms with Crippen LogP contribution in [0, 0.1) is 24.0 Å². The van der Waals surface area contributed by atoms with Gasteiger partial charge in [-0.3, -0.25) is 14.8 Å². The maximum atomic E-state index is 10.8. The van der Waals surface area contributed by atoms with Crippen LogP contribution in [0.4, 0.5) is 5.69 Å². The summed E-state index contributed by atoms with van der Waals surface area (Å²) in [5, 5.41) is 15.1. The highest BCUT2D eigenvalue weighted by Gasteiger charge is 2.19. The predicted molar refractivity (Wildman–Crippen MR) is 69.1 cm³/mol. The molecule has 0 radical (unpaired) electrons. The van der Waals surface area contributed by atoms with E-state index in [1.807, 2.05) is 20.9 Å². The normalized spacial score (nSPS) is 10.5. The van der Waals surface area contributed by atoms with Gasteiger partial charge in [0.05, 0.1) is 23.4 Å². The predicted octanol–water partition coefficient (Wildman–Crippen LogP) is 2.02. The molecule has 2 aromatic rings.